The lowest BCUT2D eigenvalue weighted by Crippen LogP contribution is -2.39. The molecule has 0 unspecified atom stereocenters. The smallest absolute Gasteiger partial charge is 0.205 e. The Morgan fingerprint density at radius 1 is 1.06 bits per heavy atom. The van der Waals surface area contributed by atoms with E-state index in [0.717, 1.165) is 45.9 Å². The standard InChI is InChI=1S/C30H36N6/c1-20(2)19-36(22-10-4-3-5-11-22)28-17-16-21(23-12-6-7-13-24(23)29(31)32)18-27(28)35-30-33-25-14-8-9-15-26(25)34-30/h6-9,12-18,20,22H,3-5,10-11,19H2,1-2H3,(H3,31,32)(H2,33,34,35). The Labute approximate surface area is 213 Å². The second-order valence-electron chi connectivity index (χ2n) is 10.3. The first-order valence-corrected chi connectivity index (χ1v) is 13.1. The summed E-state index contributed by atoms with van der Waals surface area (Å²) in [6.45, 7) is 5.59. The summed E-state index contributed by atoms with van der Waals surface area (Å²) in [6, 6.07) is 23.1. The summed E-state index contributed by atoms with van der Waals surface area (Å²) in [4.78, 5) is 10.8. The number of imidazole rings is 1. The van der Waals surface area contributed by atoms with Crippen LogP contribution in [0.1, 0.15) is 51.5 Å². The molecule has 1 aliphatic rings. The largest absolute Gasteiger partial charge is 0.384 e. The molecule has 1 aliphatic carbocycles. The fourth-order valence-electron chi connectivity index (χ4n) is 5.39. The monoisotopic (exact) mass is 480 g/mol. The molecule has 1 heterocycles. The third kappa shape index (κ3) is 5.08. The zero-order chi connectivity index (χ0) is 25.1. The number of nitrogens with one attached hydrogen (secondary N) is 3. The Balaban J connectivity index is 1.61. The van der Waals surface area contributed by atoms with Crippen LogP contribution in [0.2, 0.25) is 0 Å². The van der Waals surface area contributed by atoms with E-state index in [2.05, 4.69) is 47.2 Å². The molecule has 1 saturated carbocycles. The highest BCUT2D eigenvalue weighted by atomic mass is 15.2. The van der Waals surface area contributed by atoms with E-state index in [-0.39, 0.29) is 5.84 Å². The molecule has 1 fully saturated rings. The van der Waals surface area contributed by atoms with Crippen LogP contribution < -0.4 is 16.0 Å². The number of amidine groups is 1. The lowest BCUT2D eigenvalue weighted by atomic mass is 9.92. The number of H-pyrrole nitrogens is 1. The van der Waals surface area contributed by atoms with Gasteiger partial charge in [-0.25, -0.2) is 4.98 Å². The second kappa shape index (κ2) is 10.4. The van der Waals surface area contributed by atoms with Crippen molar-refractivity contribution in [2.45, 2.75) is 52.0 Å². The number of para-hydroxylation sites is 2. The lowest BCUT2D eigenvalue weighted by molar-refractivity contribution is 0.401. The van der Waals surface area contributed by atoms with Crippen molar-refractivity contribution >= 4 is 34.2 Å². The summed E-state index contributed by atoms with van der Waals surface area (Å²) in [6.07, 6.45) is 6.36. The van der Waals surface area contributed by atoms with Crippen LogP contribution in [0.3, 0.4) is 0 Å². The first-order valence-electron chi connectivity index (χ1n) is 13.1. The van der Waals surface area contributed by atoms with Gasteiger partial charge in [-0.1, -0.05) is 75.6 Å². The van der Waals surface area contributed by atoms with Crippen LogP contribution in [0.4, 0.5) is 17.3 Å². The van der Waals surface area contributed by atoms with Crippen molar-refractivity contribution in [1.82, 2.24) is 9.97 Å². The van der Waals surface area contributed by atoms with Crippen LogP contribution in [0.15, 0.2) is 66.7 Å². The number of hydrogen-bond acceptors (Lipinski definition) is 4. The molecule has 0 radical (unpaired) electrons. The number of aromatic amines is 1. The van der Waals surface area contributed by atoms with Crippen LogP contribution >= 0.6 is 0 Å². The van der Waals surface area contributed by atoms with Gasteiger partial charge < -0.3 is 20.9 Å². The van der Waals surface area contributed by atoms with E-state index in [1.807, 2.05) is 48.5 Å². The maximum atomic E-state index is 8.08. The molecule has 3 aromatic carbocycles. The average Bonchev–Trinajstić information content (AvgIpc) is 3.30. The van der Waals surface area contributed by atoms with Crippen LogP contribution in [0, 0.1) is 11.3 Å². The number of fused-ring (bicyclic) bond motifs is 1. The van der Waals surface area contributed by atoms with Crippen molar-refractivity contribution in [3.05, 3.63) is 72.3 Å². The summed E-state index contributed by atoms with van der Waals surface area (Å²) >= 11 is 0. The van der Waals surface area contributed by atoms with Crippen LogP contribution in [-0.2, 0) is 0 Å². The normalized spacial score (nSPS) is 14.3. The van der Waals surface area contributed by atoms with E-state index >= 15 is 0 Å². The topological polar surface area (TPSA) is 93.8 Å². The molecule has 5 N–H and O–H groups in total. The molecule has 0 saturated heterocycles. The van der Waals surface area contributed by atoms with Crippen LogP contribution in [0.25, 0.3) is 22.2 Å². The molecule has 0 atom stereocenters. The van der Waals surface area contributed by atoms with Crippen LogP contribution in [-0.4, -0.2) is 28.4 Å². The minimum absolute atomic E-state index is 0.0742. The molecule has 0 amide bonds. The van der Waals surface area contributed by atoms with Gasteiger partial charge in [0, 0.05) is 18.2 Å². The van der Waals surface area contributed by atoms with Gasteiger partial charge in [0.15, 0.2) is 0 Å². The fourth-order valence-corrected chi connectivity index (χ4v) is 5.39. The minimum atomic E-state index is 0.0742. The van der Waals surface area contributed by atoms with Gasteiger partial charge in [-0.2, -0.15) is 0 Å². The molecule has 0 aliphatic heterocycles. The zero-order valence-corrected chi connectivity index (χ0v) is 21.2. The van der Waals surface area contributed by atoms with Gasteiger partial charge in [0.1, 0.15) is 5.84 Å². The van der Waals surface area contributed by atoms with Gasteiger partial charge in [-0.15, -0.1) is 0 Å². The SMILES string of the molecule is CC(C)CN(c1ccc(-c2ccccc2C(=N)N)cc1Nc1nc2ccccc2[nH]1)C1CCCCC1. The van der Waals surface area contributed by atoms with Gasteiger partial charge >= 0.3 is 0 Å². The average molecular weight is 481 g/mol. The van der Waals surface area contributed by atoms with Gasteiger partial charge in [-0.3, -0.25) is 5.41 Å². The van der Waals surface area contributed by atoms with Gasteiger partial charge in [-0.05, 0) is 54.2 Å². The summed E-state index contributed by atoms with van der Waals surface area (Å²) < 4.78 is 0. The molecule has 186 valence electrons. The third-order valence-corrected chi connectivity index (χ3v) is 7.05. The zero-order valence-electron chi connectivity index (χ0n) is 21.2. The van der Waals surface area contributed by atoms with Crippen molar-refractivity contribution in [1.29, 1.82) is 5.41 Å². The van der Waals surface area contributed by atoms with Crippen molar-refractivity contribution in [2.24, 2.45) is 11.7 Å². The maximum Gasteiger partial charge on any atom is 0.205 e. The Hall–Kier alpha value is -3.80. The molecule has 4 aromatic rings. The summed E-state index contributed by atoms with van der Waals surface area (Å²) in [5.74, 6) is 1.34. The van der Waals surface area contributed by atoms with Gasteiger partial charge in [0.25, 0.3) is 0 Å². The Morgan fingerprint density at radius 3 is 2.56 bits per heavy atom. The first kappa shape index (κ1) is 23.9. The molecule has 6 heteroatoms. The molecular formula is C30H36N6. The van der Waals surface area contributed by atoms with Crippen molar-refractivity contribution in [3.63, 3.8) is 0 Å². The van der Waals surface area contributed by atoms with E-state index in [4.69, 9.17) is 16.1 Å². The van der Waals surface area contributed by atoms with E-state index < -0.39 is 0 Å². The Morgan fingerprint density at radius 2 is 1.81 bits per heavy atom. The minimum Gasteiger partial charge on any atom is -0.384 e. The molecule has 1 aromatic heterocycles. The fraction of sp³-hybridized carbons (Fsp3) is 0.333. The predicted octanol–water partition coefficient (Wildman–Crippen LogP) is 7.05. The number of nitrogens with zero attached hydrogens (tertiary/aromatic N) is 2. The van der Waals surface area contributed by atoms with Crippen molar-refractivity contribution < 1.29 is 0 Å². The van der Waals surface area contributed by atoms with E-state index in [1.165, 1.54) is 37.8 Å². The summed E-state index contributed by atoms with van der Waals surface area (Å²) in [5, 5.41) is 11.7. The highest BCUT2D eigenvalue weighted by Gasteiger charge is 2.25. The summed E-state index contributed by atoms with van der Waals surface area (Å²) in [7, 11) is 0. The highest BCUT2D eigenvalue weighted by Crippen LogP contribution is 2.38. The van der Waals surface area contributed by atoms with Crippen LogP contribution in [0.5, 0.6) is 0 Å². The van der Waals surface area contributed by atoms with E-state index in [1.54, 1.807) is 0 Å². The number of nitrogen functional groups attached to an aromatic ring is 1. The number of aromatic nitrogens is 2. The number of hydrogen-bond donors (Lipinski definition) is 4. The predicted molar refractivity (Wildman–Crippen MR) is 151 cm³/mol. The van der Waals surface area contributed by atoms with Gasteiger partial charge in [0.05, 0.1) is 22.4 Å². The molecule has 6 nitrogen and oxygen atoms in total. The Bertz CT molecular complexity index is 1320. The lowest BCUT2D eigenvalue weighted by Gasteiger charge is -2.38. The highest BCUT2D eigenvalue weighted by molar-refractivity contribution is 6.02. The molecule has 36 heavy (non-hydrogen) atoms. The number of benzene rings is 3. The number of rotatable bonds is 8. The first-order chi connectivity index (χ1) is 17.5. The second-order valence-corrected chi connectivity index (χ2v) is 10.3. The quantitative estimate of drug-likeness (QED) is 0.160. The van der Waals surface area contributed by atoms with Crippen molar-refractivity contribution in [3.8, 4) is 11.1 Å². The number of nitrogens with two attached hydrogens (primary N) is 1. The van der Waals surface area contributed by atoms with E-state index in [9.17, 15) is 0 Å². The molecule has 0 bridgehead atoms. The van der Waals surface area contributed by atoms with E-state index in [0.29, 0.717) is 12.0 Å². The molecule has 5 rings (SSSR count). The number of anilines is 3. The maximum absolute atomic E-state index is 8.08. The summed E-state index contributed by atoms with van der Waals surface area (Å²) in [5.41, 5.74) is 12.8. The molecular weight excluding hydrogens is 444 g/mol. The third-order valence-electron chi connectivity index (χ3n) is 7.05. The van der Waals surface area contributed by atoms with Gasteiger partial charge in [0.2, 0.25) is 5.95 Å². The van der Waals surface area contributed by atoms with Crippen molar-refractivity contribution in [2.75, 3.05) is 16.8 Å². The molecule has 0 spiro atoms. The Kier molecular flexibility index (Phi) is 6.94.